The molecule has 0 aliphatic carbocycles. The number of rotatable bonds is 3. The smallest absolute Gasteiger partial charge is 0.121 e. The number of nitrogens with two attached hydrogens (primary N) is 1. The summed E-state index contributed by atoms with van der Waals surface area (Å²) in [7, 11) is 1.69. The van der Waals surface area contributed by atoms with E-state index in [1.165, 1.54) is 15.3 Å². The number of hydrogen-bond donors (Lipinski definition) is 1. The SMILES string of the molecule is COc1ccc(-c2ccc(CN)s2)cc1C. The van der Waals surface area contributed by atoms with Gasteiger partial charge in [-0.3, -0.25) is 0 Å². The zero-order valence-corrected chi connectivity index (χ0v) is 10.3. The Morgan fingerprint density at radius 3 is 2.62 bits per heavy atom. The van der Waals surface area contributed by atoms with Gasteiger partial charge in [0.1, 0.15) is 5.75 Å². The summed E-state index contributed by atoms with van der Waals surface area (Å²) in [6.07, 6.45) is 0. The molecule has 0 atom stereocenters. The molecule has 2 rings (SSSR count). The second kappa shape index (κ2) is 4.68. The molecule has 0 spiro atoms. The first-order valence-electron chi connectivity index (χ1n) is 5.18. The second-order valence-electron chi connectivity index (χ2n) is 3.65. The van der Waals surface area contributed by atoms with Crippen molar-refractivity contribution < 1.29 is 4.74 Å². The van der Waals surface area contributed by atoms with E-state index in [-0.39, 0.29) is 0 Å². The van der Waals surface area contributed by atoms with Crippen molar-refractivity contribution in [2.24, 2.45) is 5.73 Å². The first-order valence-corrected chi connectivity index (χ1v) is 6.00. The van der Waals surface area contributed by atoms with Gasteiger partial charge < -0.3 is 10.5 Å². The fourth-order valence-corrected chi connectivity index (χ4v) is 2.56. The molecule has 2 N–H and O–H groups in total. The maximum absolute atomic E-state index is 5.61. The average Bonchev–Trinajstić information content (AvgIpc) is 2.77. The van der Waals surface area contributed by atoms with Crippen LogP contribution >= 0.6 is 11.3 Å². The molecule has 3 heteroatoms. The fourth-order valence-electron chi connectivity index (χ4n) is 1.67. The minimum Gasteiger partial charge on any atom is -0.496 e. The van der Waals surface area contributed by atoms with Crippen molar-refractivity contribution in [3.63, 3.8) is 0 Å². The quantitative estimate of drug-likeness (QED) is 0.883. The topological polar surface area (TPSA) is 35.2 Å². The molecule has 0 radical (unpaired) electrons. The van der Waals surface area contributed by atoms with Crippen molar-refractivity contribution in [1.82, 2.24) is 0 Å². The summed E-state index contributed by atoms with van der Waals surface area (Å²) in [5.74, 6) is 0.930. The molecule has 0 aliphatic rings. The molecule has 84 valence electrons. The van der Waals surface area contributed by atoms with Gasteiger partial charge in [0, 0.05) is 16.3 Å². The van der Waals surface area contributed by atoms with E-state index in [1.807, 2.05) is 6.07 Å². The lowest BCUT2D eigenvalue weighted by atomic mass is 10.1. The number of methoxy groups -OCH3 is 1. The van der Waals surface area contributed by atoms with Crippen LogP contribution in [0.4, 0.5) is 0 Å². The van der Waals surface area contributed by atoms with Crippen LogP contribution in [-0.2, 0) is 6.54 Å². The molecule has 2 aromatic rings. The fraction of sp³-hybridized carbons (Fsp3) is 0.231. The van der Waals surface area contributed by atoms with Gasteiger partial charge in [-0.25, -0.2) is 0 Å². The van der Waals surface area contributed by atoms with Crippen LogP contribution in [0.2, 0.25) is 0 Å². The van der Waals surface area contributed by atoms with Crippen LogP contribution in [0.3, 0.4) is 0 Å². The van der Waals surface area contributed by atoms with Crippen LogP contribution in [0.5, 0.6) is 5.75 Å². The van der Waals surface area contributed by atoms with Crippen molar-refractivity contribution >= 4 is 11.3 Å². The molecular weight excluding hydrogens is 218 g/mol. The molecular formula is C13H15NOS. The molecule has 2 nitrogen and oxygen atoms in total. The number of hydrogen-bond acceptors (Lipinski definition) is 3. The van der Waals surface area contributed by atoms with E-state index in [2.05, 4.69) is 31.2 Å². The summed E-state index contributed by atoms with van der Waals surface area (Å²) in [6.45, 7) is 2.67. The van der Waals surface area contributed by atoms with E-state index in [0.29, 0.717) is 6.54 Å². The Hall–Kier alpha value is -1.32. The molecule has 1 aromatic carbocycles. The molecule has 0 saturated heterocycles. The number of ether oxygens (including phenoxy) is 1. The first kappa shape index (κ1) is 11.2. The third-order valence-electron chi connectivity index (χ3n) is 2.54. The van der Waals surface area contributed by atoms with Crippen molar-refractivity contribution in [2.75, 3.05) is 7.11 Å². The number of benzene rings is 1. The molecule has 1 heterocycles. The zero-order chi connectivity index (χ0) is 11.5. The third kappa shape index (κ3) is 2.10. The highest BCUT2D eigenvalue weighted by atomic mass is 32.1. The van der Waals surface area contributed by atoms with E-state index in [1.54, 1.807) is 18.4 Å². The molecule has 0 amide bonds. The Labute approximate surface area is 99.7 Å². The summed E-state index contributed by atoms with van der Waals surface area (Å²) in [5, 5.41) is 0. The normalized spacial score (nSPS) is 10.4. The highest BCUT2D eigenvalue weighted by molar-refractivity contribution is 7.15. The van der Waals surface area contributed by atoms with Crippen molar-refractivity contribution in [2.45, 2.75) is 13.5 Å². The first-order chi connectivity index (χ1) is 7.74. The standard InChI is InChI=1S/C13H15NOS/c1-9-7-10(3-5-12(9)15-2)13-6-4-11(8-14)16-13/h3-7H,8,14H2,1-2H3. The van der Waals surface area contributed by atoms with Crippen LogP contribution in [0.1, 0.15) is 10.4 Å². The van der Waals surface area contributed by atoms with E-state index in [4.69, 9.17) is 10.5 Å². The minimum atomic E-state index is 0.611. The van der Waals surface area contributed by atoms with Crippen LogP contribution in [0, 0.1) is 6.92 Å². The van der Waals surface area contributed by atoms with Gasteiger partial charge in [-0.15, -0.1) is 11.3 Å². The molecule has 16 heavy (non-hydrogen) atoms. The summed E-state index contributed by atoms with van der Waals surface area (Å²) < 4.78 is 5.25. The Bertz CT molecular complexity index is 490. The highest BCUT2D eigenvalue weighted by Crippen LogP contribution is 2.31. The van der Waals surface area contributed by atoms with Gasteiger partial charge in [-0.05, 0) is 48.4 Å². The molecule has 0 unspecified atom stereocenters. The Morgan fingerprint density at radius 1 is 1.25 bits per heavy atom. The maximum atomic E-state index is 5.61. The van der Waals surface area contributed by atoms with Gasteiger partial charge in [0.25, 0.3) is 0 Å². The molecule has 1 aromatic heterocycles. The Balaban J connectivity index is 2.37. The molecule has 0 saturated carbocycles. The second-order valence-corrected chi connectivity index (χ2v) is 4.82. The van der Waals surface area contributed by atoms with Crippen molar-refractivity contribution in [3.8, 4) is 16.2 Å². The van der Waals surface area contributed by atoms with Gasteiger partial charge in [0.05, 0.1) is 7.11 Å². The van der Waals surface area contributed by atoms with Crippen LogP contribution in [0.15, 0.2) is 30.3 Å². The lowest BCUT2D eigenvalue weighted by Crippen LogP contribution is -1.91. The number of aryl methyl sites for hydroxylation is 1. The number of thiophene rings is 1. The van der Waals surface area contributed by atoms with Crippen LogP contribution in [0.25, 0.3) is 10.4 Å². The largest absolute Gasteiger partial charge is 0.496 e. The van der Waals surface area contributed by atoms with Gasteiger partial charge in [0.15, 0.2) is 0 Å². The summed E-state index contributed by atoms with van der Waals surface area (Å²) in [6, 6.07) is 10.4. The zero-order valence-electron chi connectivity index (χ0n) is 9.49. The van der Waals surface area contributed by atoms with E-state index < -0.39 is 0 Å². The third-order valence-corrected chi connectivity index (χ3v) is 3.70. The van der Waals surface area contributed by atoms with Crippen LogP contribution in [-0.4, -0.2) is 7.11 Å². The Morgan fingerprint density at radius 2 is 2.06 bits per heavy atom. The molecule has 0 bridgehead atoms. The predicted octanol–water partition coefficient (Wildman–Crippen LogP) is 3.19. The van der Waals surface area contributed by atoms with E-state index in [9.17, 15) is 0 Å². The van der Waals surface area contributed by atoms with Gasteiger partial charge in [-0.2, -0.15) is 0 Å². The van der Waals surface area contributed by atoms with Gasteiger partial charge in [-0.1, -0.05) is 0 Å². The maximum Gasteiger partial charge on any atom is 0.121 e. The summed E-state index contributed by atoms with van der Waals surface area (Å²) in [4.78, 5) is 2.47. The molecule has 0 aliphatic heterocycles. The lowest BCUT2D eigenvalue weighted by Gasteiger charge is -2.05. The average molecular weight is 233 g/mol. The Kier molecular flexibility index (Phi) is 3.27. The van der Waals surface area contributed by atoms with Crippen LogP contribution < -0.4 is 10.5 Å². The van der Waals surface area contributed by atoms with E-state index in [0.717, 1.165) is 11.3 Å². The lowest BCUT2D eigenvalue weighted by molar-refractivity contribution is 0.412. The predicted molar refractivity (Wildman–Crippen MR) is 68.9 cm³/mol. The minimum absolute atomic E-state index is 0.611. The summed E-state index contributed by atoms with van der Waals surface area (Å²) in [5.41, 5.74) is 7.99. The summed E-state index contributed by atoms with van der Waals surface area (Å²) >= 11 is 1.74. The van der Waals surface area contributed by atoms with Gasteiger partial charge in [0.2, 0.25) is 0 Å². The van der Waals surface area contributed by atoms with Crippen molar-refractivity contribution in [1.29, 1.82) is 0 Å². The highest BCUT2D eigenvalue weighted by Gasteiger charge is 2.04. The van der Waals surface area contributed by atoms with Crippen molar-refractivity contribution in [3.05, 3.63) is 40.8 Å². The molecule has 0 fully saturated rings. The monoisotopic (exact) mass is 233 g/mol. The van der Waals surface area contributed by atoms with Gasteiger partial charge >= 0.3 is 0 Å². The van der Waals surface area contributed by atoms with E-state index >= 15 is 0 Å².